The van der Waals surface area contributed by atoms with Crippen LogP contribution in [0.1, 0.15) is 61.2 Å². The van der Waals surface area contributed by atoms with Crippen molar-refractivity contribution in [3.8, 4) is 0 Å². The Morgan fingerprint density at radius 1 is 1.17 bits per heavy atom. The molecule has 0 fully saturated rings. The molecule has 3 aromatic rings. The number of esters is 1. The maximum Gasteiger partial charge on any atom is 0.410 e. The van der Waals surface area contributed by atoms with E-state index in [1.54, 1.807) is 6.08 Å². The third kappa shape index (κ3) is 5.59. The van der Waals surface area contributed by atoms with Gasteiger partial charge >= 0.3 is 12.1 Å². The summed E-state index contributed by atoms with van der Waals surface area (Å²) < 4.78 is 10.5. The minimum absolute atomic E-state index is 0.0519. The largest absolute Gasteiger partial charge is 0.466 e. The molecular formula is C29H34N2O4. The zero-order chi connectivity index (χ0) is 25.2. The molecule has 0 saturated heterocycles. The number of hydrogen-bond donors (Lipinski definition) is 1. The number of aryl methyl sites for hydroxylation is 2. The standard InChI is InChI=1S/C29H34N2O4/c1-19-22(24-8-6-7-9-25(24)30-19)16-17-31(28(33)35-29(2,3)4)26-14-12-21-18-20(10-13-23(21)26)11-15-27(32)34-5/h6-11,13,15,18,26,30H,12,14,16-17H2,1-5H3/b15-11+. The molecule has 0 radical (unpaired) electrons. The molecule has 35 heavy (non-hydrogen) atoms. The molecule has 0 spiro atoms. The second-order valence-corrected chi connectivity index (χ2v) is 10.1. The Bertz CT molecular complexity index is 1270. The van der Waals surface area contributed by atoms with Crippen molar-refractivity contribution in [2.24, 2.45) is 0 Å². The van der Waals surface area contributed by atoms with Crippen LogP contribution in [0.2, 0.25) is 0 Å². The lowest BCUT2D eigenvalue weighted by atomic mass is 10.0. The second kappa shape index (κ2) is 9.98. The lowest BCUT2D eigenvalue weighted by Crippen LogP contribution is -2.40. The number of H-pyrrole nitrogens is 1. The van der Waals surface area contributed by atoms with Crippen LogP contribution in [0.15, 0.2) is 48.5 Å². The van der Waals surface area contributed by atoms with Crippen molar-refractivity contribution in [3.63, 3.8) is 0 Å². The van der Waals surface area contributed by atoms with E-state index in [-0.39, 0.29) is 18.1 Å². The smallest absolute Gasteiger partial charge is 0.410 e. The minimum atomic E-state index is -0.573. The highest BCUT2D eigenvalue weighted by molar-refractivity contribution is 5.87. The van der Waals surface area contributed by atoms with Gasteiger partial charge in [-0.05, 0) is 81.4 Å². The van der Waals surface area contributed by atoms with E-state index in [2.05, 4.69) is 40.9 Å². The van der Waals surface area contributed by atoms with Gasteiger partial charge in [0, 0.05) is 29.2 Å². The number of ether oxygens (including phenoxy) is 2. The van der Waals surface area contributed by atoms with Gasteiger partial charge in [0.15, 0.2) is 0 Å². The summed E-state index contributed by atoms with van der Waals surface area (Å²) in [4.78, 5) is 30.2. The molecule has 0 saturated carbocycles. The zero-order valence-electron chi connectivity index (χ0n) is 21.2. The number of methoxy groups -OCH3 is 1. The molecule has 1 aromatic heterocycles. The summed E-state index contributed by atoms with van der Waals surface area (Å²) in [6.45, 7) is 8.34. The molecule has 0 bridgehead atoms. The monoisotopic (exact) mass is 474 g/mol. The van der Waals surface area contributed by atoms with Crippen LogP contribution >= 0.6 is 0 Å². The van der Waals surface area contributed by atoms with Crippen LogP contribution in [0.3, 0.4) is 0 Å². The van der Waals surface area contributed by atoms with Crippen LogP contribution in [-0.2, 0) is 27.1 Å². The van der Waals surface area contributed by atoms with Crippen LogP contribution in [0.5, 0.6) is 0 Å². The molecule has 1 heterocycles. The van der Waals surface area contributed by atoms with Crippen LogP contribution in [-0.4, -0.2) is 41.2 Å². The molecule has 1 atom stereocenters. The van der Waals surface area contributed by atoms with Gasteiger partial charge in [-0.2, -0.15) is 0 Å². The average Bonchev–Trinajstić information content (AvgIpc) is 3.36. The van der Waals surface area contributed by atoms with E-state index in [1.165, 1.54) is 29.7 Å². The number of amides is 1. The highest BCUT2D eigenvalue weighted by Gasteiger charge is 2.33. The molecule has 0 aliphatic heterocycles. The lowest BCUT2D eigenvalue weighted by Gasteiger charge is -2.32. The molecule has 1 N–H and O–H groups in total. The van der Waals surface area contributed by atoms with E-state index in [4.69, 9.17) is 4.74 Å². The third-order valence-corrected chi connectivity index (χ3v) is 6.46. The van der Waals surface area contributed by atoms with Crippen LogP contribution < -0.4 is 0 Å². The van der Waals surface area contributed by atoms with Gasteiger partial charge in [-0.3, -0.25) is 0 Å². The van der Waals surface area contributed by atoms with Crippen molar-refractivity contribution in [3.05, 3.63) is 76.5 Å². The maximum atomic E-state index is 13.4. The fraction of sp³-hybridized carbons (Fsp3) is 0.379. The molecule has 1 unspecified atom stereocenters. The number of carbonyl (C=O) groups is 2. The fourth-order valence-corrected chi connectivity index (χ4v) is 4.86. The number of para-hydroxylation sites is 1. The highest BCUT2D eigenvalue weighted by atomic mass is 16.6. The first-order valence-corrected chi connectivity index (χ1v) is 12.1. The summed E-state index contributed by atoms with van der Waals surface area (Å²) in [6, 6.07) is 14.4. The molecule has 6 nitrogen and oxygen atoms in total. The van der Waals surface area contributed by atoms with Gasteiger partial charge in [-0.25, -0.2) is 9.59 Å². The SMILES string of the molecule is COC(=O)/C=C/c1ccc2c(c1)CCC2N(CCc1c(C)[nH]c2ccccc12)C(=O)OC(C)(C)C. The van der Waals surface area contributed by atoms with Crippen molar-refractivity contribution < 1.29 is 19.1 Å². The Balaban J connectivity index is 1.60. The number of aromatic nitrogens is 1. The first-order chi connectivity index (χ1) is 16.7. The van der Waals surface area contributed by atoms with Gasteiger partial charge in [-0.15, -0.1) is 0 Å². The Morgan fingerprint density at radius 3 is 2.69 bits per heavy atom. The van der Waals surface area contributed by atoms with E-state index in [0.29, 0.717) is 6.54 Å². The van der Waals surface area contributed by atoms with E-state index < -0.39 is 5.60 Å². The predicted molar refractivity (Wildman–Crippen MR) is 138 cm³/mol. The first kappa shape index (κ1) is 24.6. The summed E-state index contributed by atoms with van der Waals surface area (Å²) in [5.41, 5.74) is 6.17. The van der Waals surface area contributed by atoms with Gasteiger partial charge in [0.25, 0.3) is 0 Å². The summed E-state index contributed by atoms with van der Waals surface area (Å²) in [6.07, 6.45) is 5.33. The summed E-state index contributed by atoms with van der Waals surface area (Å²) in [5, 5.41) is 1.20. The molecule has 6 heteroatoms. The van der Waals surface area contributed by atoms with Crippen molar-refractivity contribution in [1.29, 1.82) is 0 Å². The van der Waals surface area contributed by atoms with Gasteiger partial charge in [0.1, 0.15) is 5.60 Å². The molecule has 1 aliphatic carbocycles. The van der Waals surface area contributed by atoms with E-state index in [1.807, 2.05) is 43.9 Å². The quantitative estimate of drug-likeness (QED) is 0.345. The minimum Gasteiger partial charge on any atom is -0.466 e. The zero-order valence-corrected chi connectivity index (χ0v) is 21.2. The Labute approximate surface area is 206 Å². The normalized spacial score (nSPS) is 15.4. The first-order valence-electron chi connectivity index (χ1n) is 12.1. The maximum absolute atomic E-state index is 13.4. The molecule has 1 amide bonds. The predicted octanol–water partition coefficient (Wildman–Crippen LogP) is 6.13. The van der Waals surface area contributed by atoms with Crippen molar-refractivity contribution >= 4 is 29.0 Å². The topological polar surface area (TPSA) is 71.6 Å². The molecule has 4 rings (SSSR count). The molecule has 2 aromatic carbocycles. The van der Waals surface area contributed by atoms with Gasteiger partial charge in [-0.1, -0.05) is 36.4 Å². The second-order valence-electron chi connectivity index (χ2n) is 10.1. The third-order valence-electron chi connectivity index (χ3n) is 6.46. The Kier molecular flexibility index (Phi) is 7.01. The average molecular weight is 475 g/mol. The van der Waals surface area contributed by atoms with Gasteiger partial charge in [0.05, 0.1) is 13.2 Å². The van der Waals surface area contributed by atoms with Crippen LogP contribution in [0, 0.1) is 6.92 Å². The van der Waals surface area contributed by atoms with Gasteiger partial charge < -0.3 is 19.4 Å². The number of carbonyl (C=O) groups excluding carboxylic acids is 2. The summed E-state index contributed by atoms with van der Waals surface area (Å²) in [5.74, 6) is -0.382. The van der Waals surface area contributed by atoms with Crippen molar-refractivity contribution in [1.82, 2.24) is 9.88 Å². The summed E-state index contributed by atoms with van der Waals surface area (Å²) in [7, 11) is 1.36. The highest BCUT2D eigenvalue weighted by Crippen LogP contribution is 2.37. The van der Waals surface area contributed by atoms with E-state index in [9.17, 15) is 9.59 Å². The van der Waals surface area contributed by atoms with Gasteiger partial charge in [0.2, 0.25) is 0 Å². The lowest BCUT2D eigenvalue weighted by molar-refractivity contribution is -0.134. The number of benzene rings is 2. The van der Waals surface area contributed by atoms with Crippen LogP contribution in [0.25, 0.3) is 17.0 Å². The number of nitrogens with one attached hydrogen (secondary N) is 1. The molecule has 1 aliphatic rings. The van der Waals surface area contributed by atoms with E-state index in [0.717, 1.165) is 41.6 Å². The van der Waals surface area contributed by atoms with Crippen molar-refractivity contribution in [2.75, 3.05) is 13.7 Å². The van der Waals surface area contributed by atoms with E-state index >= 15 is 0 Å². The number of fused-ring (bicyclic) bond motifs is 2. The Morgan fingerprint density at radius 2 is 1.94 bits per heavy atom. The molecule has 184 valence electrons. The molecular weight excluding hydrogens is 440 g/mol. The number of rotatable bonds is 6. The Hall–Kier alpha value is -3.54. The van der Waals surface area contributed by atoms with Crippen LogP contribution in [0.4, 0.5) is 4.79 Å². The number of hydrogen-bond acceptors (Lipinski definition) is 4. The number of aromatic amines is 1. The fourth-order valence-electron chi connectivity index (χ4n) is 4.86. The number of nitrogens with zero attached hydrogens (tertiary/aromatic N) is 1. The summed E-state index contributed by atoms with van der Waals surface area (Å²) >= 11 is 0. The van der Waals surface area contributed by atoms with Crippen molar-refractivity contribution in [2.45, 2.75) is 58.6 Å².